The Morgan fingerprint density at radius 1 is 0.387 bits per heavy atom. The molecule has 12 rings (SSSR count). The van der Waals surface area contributed by atoms with E-state index < -0.39 is 0 Å². The van der Waals surface area contributed by atoms with Crippen LogP contribution in [0.25, 0.3) is 100 Å². The molecule has 0 spiro atoms. The lowest BCUT2D eigenvalue weighted by atomic mass is 9.96. The first-order valence-corrected chi connectivity index (χ1v) is 21.1. The fraction of sp³-hybridized carbons (Fsp3) is 0.0357. The Kier molecular flexibility index (Phi) is 8.52. The minimum Gasteiger partial charge on any atom is -0.294 e. The highest BCUT2D eigenvalue weighted by atomic mass is 15.2. The second-order valence-electron chi connectivity index (χ2n) is 15.8. The molecule has 0 N–H and O–H groups in total. The lowest BCUT2D eigenvalue weighted by molar-refractivity contribution is 0.797. The Hall–Kier alpha value is -8.22. The van der Waals surface area contributed by atoms with Crippen LogP contribution in [0.15, 0.2) is 212 Å². The third-order valence-corrected chi connectivity index (χ3v) is 12.1. The van der Waals surface area contributed by atoms with Crippen molar-refractivity contribution in [2.24, 2.45) is 0 Å². The van der Waals surface area contributed by atoms with Crippen molar-refractivity contribution in [1.29, 1.82) is 0 Å². The molecule has 0 radical (unpaired) electrons. The molecule has 0 saturated heterocycles. The Morgan fingerprint density at radius 2 is 0.968 bits per heavy atom. The van der Waals surface area contributed by atoms with Gasteiger partial charge in [-0.1, -0.05) is 170 Å². The Bertz CT molecular complexity index is 3490. The maximum absolute atomic E-state index is 5.30. The maximum Gasteiger partial charge on any atom is 0.235 e. The van der Waals surface area contributed by atoms with Crippen molar-refractivity contribution < 1.29 is 0 Å². The van der Waals surface area contributed by atoms with Crippen molar-refractivity contribution in [1.82, 2.24) is 29.1 Å². The predicted molar refractivity (Wildman–Crippen MR) is 254 cm³/mol. The summed E-state index contributed by atoms with van der Waals surface area (Å²) in [5.74, 6) is 2.34. The first-order chi connectivity index (χ1) is 30.7. The zero-order valence-electron chi connectivity index (χ0n) is 33.7. The molecular weight excluding hydrogens is 757 g/mol. The Labute approximate surface area is 358 Å². The second kappa shape index (κ2) is 14.8. The third-order valence-electron chi connectivity index (χ3n) is 12.1. The molecule has 0 fully saturated rings. The summed E-state index contributed by atoms with van der Waals surface area (Å²) in [5, 5.41) is 4.63. The van der Waals surface area contributed by atoms with Gasteiger partial charge in [-0.3, -0.25) is 9.13 Å². The number of rotatable bonds is 7. The standard InChI is InChI=1S/C56H38N6/c1-5-17-37(18-6-1)47-35-48(38-19-7-2-8-20-38)59-56(58-47)62-51-28-16-14-26-44(51)46-33-41(30-32-52(46)62)42-29-31-45-43-25-13-15-27-50(43)61(53(45)34-42)54-36-49(39-21-9-3-10-22-39)57-55(60-54)40-23-11-4-12-24-40/h1-19,21-36,38H,20H2. The molecule has 4 aromatic heterocycles. The molecule has 1 aliphatic carbocycles. The van der Waals surface area contributed by atoms with Crippen LogP contribution in [0.3, 0.4) is 0 Å². The van der Waals surface area contributed by atoms with Gasteiger partial charge in [0.2, 0.25) is 5.95 Å². The van der Waals surface area contributed by atoms with E-state index in [-0.39, 0.29) is 5.92 Å². The topological polar surface area (TPSA) is 61.4 Å². The van der Waals surface area contributed by atoms with Gasteiger partial charge < -0.3 is 0 Å². The van der Waals surface area contributed by atoms with Gasteiger partial charge in [-0.05, 0) is 53.9 Å². The molecule has 6 heteroatoms. The van der Waals surface area contributed by atoms with Crippen LogP contribution in [0.4, 0.5) is 0 Å². The number of para-hydroxylation sites is 2. The molecule has 7 aromatic carbocycles. The lowest BCUT2D eigenvalue weighted by Crippen LogP contribution is -2.08. The third kappa shape index (κ3) is 6.11. The maximum atomic E-state index is 5.30. The molecule has 0 saturated carbocycles. The van der Waals surface area contributed by atoms with Gasteiger partial charge in [0.25, 0.3) is 0 Å². The minimum absolute atomic E-state index is 0.173. The van der Waals surface area contributed by atoms with E-state index in [2.05, 4.69) is 191 Å². The van der Waals surface area contributed by atoms with Gasteiger partial charge in [0.05, 0.1) is 39.1 Å². The van der Waals surface area contributed by atoms with E-state index in [0.29, 0.717) is 11.8 Å². The van der Waals surface area contributed by atoms with E-state index in [1.165, 1.54) is 5.39 Å². The van der Waals surface area contributed by atoms with Gasteiger partial charge in [0.15, 0.2) is 5.82 Å². The predicted octanol–water partition coefficient (Wildman–Crippen LogP) is 13.7. The Balaban J connectivity index is 1.04. The van der Waals surface area contributed by atoms with E-state index in [1.807, 2.05) is 30.3 Å². The van der Waals surface area contributed by atoms with E-state index in [4.69, 9.17) is 19.9 Å². The van der Waals surface area contributed by atoms with E-state index in [0.717, 1.165) is 95.4 Å². The van der Waals surface area contributed by atoms with Crippen LogP contribution >= 0.6 is 0 Å². The van der Waals surface area contributed by atoms with E-state index in [1.54, 1.807) is 0 Å². The number of hydrogen-bond acceptors (Lipinski definition) is 4. The molecular formula is C56H38N6. The van der Waals surface area contributed by atoms with Crippen LogP contribution in [-0.4, -0.2) is 29.1 Å². The van der Waals surface area contributed by atoms with Gasteiger partial charge in [0.1, 0.15) is 5.82 Å². The largest absolute Gasteiger partial charge is 0.294 e. The molecule has 0 aliphatic heterocycles. The summed E-state index contributed by atoms with van der Waals surface area (Å²) in [6.45, 7) is 0. The molecule has 1 unspecified atom stereocenters. The van der Waals surface area contributed by atoms with Gasteiger partial charge in [-0.15, -0.1) is 0 Å². The summed E-state index contributed by atoms with van der Waals surface area (Å²) in [5.41, 5.74) is 12.4. The fourth-order valence-electron chi connectivity index (χ4n) is 9.09. The van der Waals surface area contributed by atoms with Crippen molar-refractivity contribution in [3.63, 3.8) is 0 Å². The summed E-state index contributed by atoms with van der Waals surface area (Å²) >= 11 is 0. The summed E-state index contributed by atoms with van der Waals surface area (Å²) in [7, 11) is 0. The second-order valence-corrected chi connectivity index (χ2v) is 15.8. The van der Waals surface area contributed by atoms with Gasteiger partial charge >= 0.3 is 0 Å². The molecule has 6 nitrogen and oxygen atoms in total. The van der Waals surface area contributed by atoms with Crippen molar-refractivity contribution in [3.8, 4) is 56.8 Å². The number of hydrogen-bond donors (Lipinski definition) is 0. The molecule has 62 heavy (non-hydrogen) atoms. The average molecular weight is 795 g/mol. The number of fused-ring (bicyclic) bond motifs is 6. The lowest BCUT2D eigenvalue weighted by Gasteiger charge is -2.16. The summed E-state index contributed by atoms with van der Waals surface area (Å²) in [6, 6.07) is 66.1. The van der Waals surface area contributed by atoms with Crippen LogP contribution in [0, 0.1) is 0 Å². The fourth-order valence-corrected chi connectivity index (χ4v) is 9.09. The average Bonchev–Trinajstić information content (AvgIpc) is 3.87. The number of benzene rings is 7. The van der Waals surface area contributed by atoms with Gasteiger partial charge in [-0.25, -0.2) is 19.9 Å². The van der Waals surface area contributed by atoms with E-state index >= 15 is 0 Å². The molecule has 0 bridgehead atoms. The highest BCUT2D eigenvalue weighted by Gasteiger charge is 2.21. The molecule has 0 amide bonds. The first kappa shape index (κ1) is 35.7. The molecule has 1 aliphatic rings. The molecule has 1 atom stereocenters. The summed E-state index contributed by atoms with van der Waals surface area (Å²) < 4.78 is 4.53. The number of nitrogens with zero attached hydrogens (tertiary/aromatic N) is 6. The smallest absolute Gasteiger partial charge is 0.235 e. The summed E-state index contributed by atoms with van der Waals surface area (Å²) in [6.07, 6.45) is 9.59. The monoisotopic (exact) mass is 794 g/mol. The van der Waals surface area contributed by atoms with Crippen molar-refractivity contribution in [2.45, 2.75) is 12.3 Å². The van der Waals surface area contributed by atoms with Gasteiger partial charge in [-0.2, -0.15) is 0 Å². The van der Waals surface area contributed by atoms with Crippen molar-refractivity contribution in [2.75, 3.05) is 0 Å². The zero-order valence-corrected chi connectivity index (χ0v) is 33.7. The SMILES string of the molecule is C1=CCC(c2cc(-c3ccccc3)nc(-n3c4ccccc4c4cc(-c5ccc6c7ccccc7n(-c7cc(-c8ccccc8)nc(-c8ccccc8)n7)c6c5)ccc43)n2)C=C1. The molecule has 4 heterocycles. The van der Waals surface area contributed by atoms with Crippen LogP contribution in [0.2, 0.25) is 0 Å². The van der Waals surface area contributed by atoms with Crippen LogP contribution in [0.1, 0.15) is 18.0 Å². The first-order valence-electron chi connectivity index (χ1n) is 21.1. The van der Waals surface area contributed by atoms with Gasteiger partial charge in [0, 0.05) is 50.2 Å². The van der Waals surface area contributed by atoms with Crippen molar-refractivity contribution >= 4 is 43.6 Å². The quantitative estimate of drug-likeness (QED) is 0.161. The van der Waals surface area contributed by atoms with Crippen LogP contribution in [0.5, 0.6) is 0 Å². The summed E-state index contributed by atoms with van der Waals surface area (Å²) in [4.78, 5) is 20.9. The number of allylic oxidation sites excluding steroid dienone is 4. The Morgan fingerprint density at radius 3 is 1.68 bits per heavy atom. The molecule has 292 valence electrons. The highest BCUT2D eigenvalue weighted by Crippen LogP contribution is 2.39. The van der Waals surface area contributed by atoms with E-state index in [9.17, 15) is 0 Å². The minimum atomic E-state index is 0.173. The highest BCUT2D eigenvalue weighted by molar-refractivity contribution is 6.12. The van der Waals surface area contributed by atoms with Crippen molar-refractivity contribution in [3.05, 3.63) is 218 Å². The normalized spacial score (nSPS) is 13.8. The molecule has 11 aromatic rings. The zero-order chi connectivity index (χ0) is 41.0. The van der Waals surface area contributed by atoms with Crippen LogP contribution in [-0.2, 0) is 0 Å². The number of aromatic nitrogens is 6. The van der Waals surface area contributed by atoms with Crippen LogP contribution < -0.4 is 0 Å².